The van der Waals surface area contributed by atoms with Crippen molar-refractivity contribution in [3.63, 3.8) is 0 Å². The minimum Gasteiger partial charge on any atom is -0.493 e. The molecule has 34 heavy (non-hydrogen) atoms. The molecule has 4 rings (SSSR count). The monoisotopic (exact) mass is 465 g/mol. The van der Waals surface area contributed by atoms with Gasteiger partial charge in [-0.2, -0.15) is 10.1 Å². The highest BCUT2D eigenvalue weighted by Crippen LogP contribution is 2.31. The molecule has 9 nitrogen and oxygen atoms in total. The van der Waals surface area contributed by atoms with E-state index < -0.39 is 0 Å². The standard InChI is InChI=1S/C24H24FN5O4/c1-32-19-6-3-5-17(23(19)33-2)15-30-20(13-14-26-30)27-21(31)7-4-8-22-28-24(29-34-22)16-9-11-18(25)12-10-16/h3,5-6,9-14H,4,7-8,15H2,1-2H3,(H,27,31). The predicted octanol–water partition coefficient (Wildman–Crippen LogP) is 4.10. The molecule has 2 aromatic carbocycles. The van der Waals surface area contributed by atoms with Gasteiger partial charge in [-0.05, 0) is 36.8 Å². The molecule has 0 bridgehead atoms. The molecule has 2 heterocycles. The van der Waals surface area contributed by atoms with Gasteiger partial charge in [0.2, 0.25) is 17.6 Å². The first kappa shape index (κ1) is 23.0. The van der Waals surface area contributed by atoms with Crippen LogP contribution in [0.1, 0.15) is 24.3 Å². The van der Waals surface area contributed by atoms with E-state index in [9.17, 15) is 9.18 Å². The van der Waals surface area contributed by atoms with E-state index in [0.717, 1.165) is 5.56 Å². The number of rotatable bonds is 10. The van der Waals surface area contributed by atoms with E-state index >= 15 is 0 Å². The fourth-order valence-electron chi connectivity index (χ4n) is 3.48. The van der Waals surface area contributed by atoms with Crippen molar-refractivity contribution in [1.82, 2.24) is 19.9 Å². The van der Waals surface area contributed by atoms with Gasteiger partial charge in [-0.1, -0.05) is 17.3 Å². The number of amides is 1. The van der Waals surface area contributed by atoms with Crippen LogP contribution in [0.4, 0.5) is 10.2 Å². The van der Waals surface area contributed by atoms with Crippen LogP contribution in [0.25, 0.3) is 11.4 Å². The molecular weight excluding hydrogens is 441 g/mol. The van der Waals surface area contributed by atoms with Crippen molar-refractivity contribution in [3.05, 3.63) is 72.0 Å². The van der Waals surface area contributed by atoms with E-state index in [1.807, 2.05) is 18.2 Å². The van der Waals surface area contributed by atoms with Crippen molar-refractivity contribution in [2.75, 3.05) is 19.5 Å². The third kappa shape index (κ3) is 5.40. The number of carbonyl (C=O) groups is 1. The number of hydrogen-bond acceptors (Lipinski definition) is 7. The summed E-state index contributed by atoms with van der Waals surface area (Å²) in [4.78, 5) is 16.8. The molecule has 0 fully saturated rings. The van der Waals surface area contributed by atoms with Crippen LogP contribution in [-0.2, 0) is 17.8 Å². The normalized spacial score (nSPS) is 10.8. The van der Waals surface area contributed by atoms with Gasteiger partial charge in [0, 0.05) is 30.0 Å². The van der Waals surface area contributed by atoms with Crippen LogP contribution in [0.3, 0.4) is 0 Å². The molecule has 10 heteroatoms. The SMILES string of the molecule is COc1cccc(Cn2nccc2NC(=O)CCCc2nc(-c3ccc(F)cc3)no2)c1OC. The third-order valence-corrected chi connectivity index (χ3v) is 5.15. The zero-order chi connectivity index (χ0) is 23.9. The maximum absolute atomic E-state index is 13.1. The Kier molecular flexibility index (Phi) is 7.16. The van der Waals surface area contributed by atoms with Gasteiger partial charge in [0.15, 0.2) is 11.5 Å². The Balaban J connectivity index is 1.31. The Bertz CT molecular complexity index is 1250. The number of ether oxygens (including phenoxy) is 2. The Morgan fingerprint density at radius 3 is 2.71 bits per heavy atom. The van der Waals surface area contributed by atoms with Crippen LogP contribution in [0.15, 0.2) is 59.3 Å². The van der Waals surface area contributed by atoms with Crippen LogP contribution in [0, 0.1) is 5.82 Å². The molecule has 0 saturated carbocycles. The van der Waals surface area contributed by atoms with Gasteiger partial charge in [0.25, 0.3) is 0 Å². The number of benzene rings is 2. The van der Waals surface area contributed by atoms with Crippen molar-refractivity contribution >= 4 is 11.7 Å². The number of para-hydroxylation sites is 1. The van der Waals surface area contributed by atoms with Crippen LogP contribution >= 0.6 is 0 Å². The number of nitrogens with one attached hydrogen (secondary N) is 1. The van der Waals surface area contributed by atoms with E-state index in [2.05, 4.69) is 20.6 Å². The average molecular weight is 465 g/mol. The second kappa shape index (κ2) is 10.6. The maximum Gasteiger partial charge on any atom is 0.226 e. The van der Waals surface area contributed by atoms with Gasteiger partial charge in [-0.15, -0.1) is 0 Å². The zero-order valence-electron chi connectivity index (χ0n) is 18.8. The van der Waals surface area contributed by atoms with E-state index in [-0.39, 0.29) is 18.1 Å². The fourth-order valence-corrected chi connectivity index (χ4v) is 3.48. The third-order valence-electron chi connectivity index (χ3n) is 5.15. The molecule has 0 saturated heterocycles. The molecule has 1 N–H and O–H groups in total. The largest absolute Gasteiger partial charge is 0.493 e. The summed E-state index contributed by atoms with van der Waals surface area (Å²) in [5, 5.41) is 11.1. The number of hydrogen-bond donors (Lipinski definition) is 1. The Morgan fingerprint density at radius 2 is 1.94 bits per heavy atom. The van der Waals surface area contributed by atoms with Crippen molar-refractivity contribution in [3.8, 4) is 22.9 Å². The molecule has 0 unspecified atom stereocenters. The molecule has 0 spiro atoms. The van der Waals surface area contributed by atoms with Gasteiger partial charge in [0.1, 0.15) is 11.6 Å². The first-order chi connectivity index (χ1) is 16.6. The molecule has 4 aromatic rings. The Hall–Kier alpha value is -4.21. The number of carbonyl (C=O) groups excluding carboxylic acids is 1. The van der Waals surface area contributed by atoms with Crippen LogP contribution in [0.2, 0.25) is 0 Å². The lowest BCUT2D eigenvalue weighted by atomic mass is 10.2. The summed E-state index contributed by atoms with van der Waals surface area (Å²) in [6.07, 6.45) is 2.86. The first-order valence-corrected chi connectivity index (χ1v) is 10.7. The molecule has 0 radical (unpaired) electrons. The summed E-state index contributed by atoms with van der Waals surface area (Å²) >= 11 is 0. The highest BCUT2D eigenvalue weighted by Gasteiger charge is 2.14. The lowest BCUT2D eigenvalue weighted by molar-refractivity contribution is -0.116. The topological polar surface area (TPSA) is 104 Å². The number of halogens is 1. The lowest BCUT2D eigenvalue weighted by Gasteiger charge is -2.14. The second-order valence-corrected chi connectivity index (χ2v) is 7.45. The summed E-state index contributed by atoms with van der Waals surface area (Å²) in [5.74, 6) is 2.14. The molecule has 1 amide bonds. The lowest BCUT2D eigenvalue weighted by Crippen LogP contribution is -2.16. The molecule has 0 aliphatic rings. The fraction of sp³-hybridized carbons (Fsp3) is 0.250. The smallest absolute Gasteiger partial charge is 0.226 e. The quantitative estimate of drug-likeness (QED) is 0.376. The van der Waals surface area contributed by atoms with Crippen LogP contribution in [-0.4, -0.2) is 40.0 Å². The second-order valence-electron chi connectivity index (χ2n) is 7.45. The molecule has 176 valence electrons. The summed E-state index contributed by atoms with van der Waals surface area (Å²) < 4.78 is 30.8. The number of aromatic nitrogens is 4. The van der Waals surface area contributed by atoms with Gasteiger partial charge in [-0.25, -0.2) is 9.07 Å². The number of methoxy groups -OCH3 is 2. The van der Waals surface area contributed by atoms with Crippen molar-refractivity contribution < 1.29 is 23.2 Å². The summed E-state index contributed by atoms with van der Waals surface area (Å²) in [5.41, 5.74) is 1.53. The van der Waals surface area contributed by atoms with Crippen LogP contribution < -0.4 is 14.8 Å². The Morgan fingerprint density at radius 1 is 1.12 bits per heavy atom. The van der Waals surface area contributed by atoms with Crippen molar-refractivity contribution in [2.45, 2.75) is 25.8 Å². The minimum atomic E-state index is -0.331. The van der Waals surface area contributed by atoms with E-state index in [0.29, 0.717) is 54.0 Å². The maximum atomic E-state index is 13.1. The van der Waals surface area contributed by atoms with E-state index in [1.165, 1.54) is 12.1 Å². The molecule has 0 atom stereocenters. The van der Waals surface area contributed by atoms with Gasteiger partial charge < -0.3 is 19.3 Å². The van der Waals surface area contributed by atoms with Crippen molar-refractivity contribution in [1.29, 1.82) is 0 Å². The van der Waals surface area contributed by atoms with Crippen molar-refractivity contribution in [2.24, 2.45) is 0 Å². The minimum absolute atomic E-state index is 0.155. The van der Waals surface area contributed by atoms with Gasteiger partial charge in [-0.3, -0.25) is 4.79 Å². The summed E-state index contributed by atoms with van der Waals surface area (Å²) in [6, 6.07) is 13.2. The molecule has 2 aromatic heterocycles. The average Bonchev–Trinajstić information content (AvgIpc) is 3.49. The van der Waals surface area contributed by atoms with Gasteiger partial charge in [0.05, 0.1) is 27.0 Å². The predicted molar refractivity (Wildman–Crippen MR) is 122 cm³/mol. The van der Waals surface area contributed by atoms with Crippen LogP contribution in [0.5, 0.6) is 11.5 Å². The van der Waals surface area contributed by atoms with Gasteiger partial charge >= 0.3 is 0 Å². The zero-order valence-corrected chi connectivity index (χ0v) is 18.8. The molecule has 0 aliphatic heterocycles. The highest BCUT2D eigenvalue weighted by molar-refractivity contribution is 5.89. The molecular formula is C24H24FN5O4. The summed E-state index contributed by atoms with van der Waals surface area (Å²) in [6.45, 7) is 0.400. The van der Waals surface area contributed by atoms with E-state index in [1.54, 1.807) is 43.3 Å². The number of anilines is 1. The van der Waals surface area contributed by atoms with E-state index in [4.69, 9.17) is 14.0 Å². The number of nitrogens with zero attached hydrogens (tertiary/aromatic N) is 4. The first-order valence-electron chi connectivity index (χ1n) is 10.7. The Labute approximate surface area is 195 Å². The highest BCUT2D eigenvalue weighted by atomic mass is 19.1. The summed E-state index contributed by atoms with van der Waals surface area (Å²) in [7, 11) is 3.16. The number of aryl methyl sites for hydroxylation is 1. The molecule has 0 aliphatic carbocycles.